The second-order valence-electron chi connectivity index (χ2n) is 7.56. The Morgan fingerprint density at radius 3 is 2.68 bits per heavy atom. The number of H-pyrrole nitrogens is 1. The lowest BCUT2D eigenvalue weighted by Gasteiger charge is -2.29. The molecular formula is C20H21FN4O3. The number of hydrogen-bond donors (Lipinski definition) is 1. The highest BCUT2D eigenvalue weighted by Gasteiger charge is 2.49. The summed E-state index contributed by atoms with van der Waals surface area (Å²) in [6, 6.07) is 7.57. The van der Waals surface area contributed by atoms with Crippen molar-refractivity contribution in [2.24, 2.45) is 11.8 Å². The van der Waals surface area contributed by atoms with Crippen LogP contribution < -0.4 is 5.69 Å². The van der Waals surface area contributed by atoms with Crippen molar-refractivity contribution in [2.45, 2.75) is 19.9 Å². The molecule has 2 fully saturated rings. The van der Waals surface area contributed by atoms with Crippen LogP contribution in [0.2, 0.25) is 0 Å². The molecule has 3 heterocycles. The number of halogens is 1. The topological polar surface area (TPSA) is 86.4 Å². The van der Waals surface area contributed by atoms with Gasteiger partial charge < -0.3 is 14.8 Å². The van der Waals surface area contributed by atoms with E-state index in [0.29, 0.717) is 25.3 Å². The lowest BCUT2D eigenvalue weighted by molar-refractivity contribution is -0.130. The summed E-state index contributed by atoms with van der Waals surface area (Å²) in [5.74, 6) is -0.593. The number of benzene rings is 1. The van der Waals surface area contributed by atoms with Crippen molar-refractivity contribution in [2.75, 3.05) is 19.6 Å². The number of rotatable bonds is 2. The summed E-state index contributed by atoms with van der Waals surface area (Å²) < 4.78 is 13.8. The lowest BCUT2D eigenvalue weighted by atomic mass is 9.89. The van der Waals surface area contributed by atoms with Crippen molar-refractivity contribution in [3.63, 3.8) is 0 Å². The fourth-order valence-electron chi connectivity index (χ4n) is 4.50. The Balaban J connectivity index is 1.62. The summed E-state index contributed by atoms with van der Waals surface area (Å²) in [5.41, 5.74) is 0.875. The van der Waals surface area contributed by atoms with Crippen molar-refractivity contribution in [1.29, 1.82) is 0 Å². The molecule has 0 radical (unpaired) electrons. The Hall–Kier alpha value is -3.03. The van der Waals surface area contributed by atoms with Crippen molar-refractivity contribution in [3.05, 3.63) is 63.6 Å². The van der Waals surface area contributed by atoms with Crippen LogP contribution >= 0.6 is 0 Å². The molecule has 0 bridgehead atoms. The van der Waals surface area contributed by atoms with Gasteiger partial charge in [-0.2, -0.15) is 4.98 Å². The third-order valence-electron chi connectivity index (χ3n) is 5.64. The van der Waals surface area contributed by atoms with Gasteiger partial charge in [-0.05, 0) is 30.7 Å². The van der Waals surface area contributed by atoms with Gasteiger partial charge in [0.15, 0.2) is 0 Å². The van der Waals surface area contributed by atoms with Crippen molar-refractivity contribution >= 4 is 11.8 Å². The smallest absolute Gasteiger partial charge is 0.337 e. The molecule has 2 aliphatic heterocycles. The third-order valence-corrected chi connectivity index (χ3v) is 5.64. The van der Waals surface area contributed by atoms with Crippen LogP contribution in [0.25, 0.3) is 0 Å². The van der Waals surface area contributed by atoms with Gasteiger partial charge >= 0.3 is 5.69 Å². The van der Waals surface area contributed by atoms with Gasteiger partial charge in [0.05, 0.1) is 6.04 Å². The monoisotopic (exact) mass is 384 g/mol. The lowest BCUT2D eigenvalue weighted by Crippen LogP contribution is -2.37. The summed E-state index contributed by atoms with van der Waals surface area (Å²) in [6.07, 6.45) is 0. The van der Waals surface area contributed by atoms with Gasteiger partial charge in [-0.3, -0.25) is 9.59 Å². The summed E-state index contributed by atoms with van der Waals surface area (Å²) in [7, 11) is 0. The number of aromatic nitrogens is 2. The molecule has 146 valence electrons. The van der Waals surface area contributed by atoms with Gasteiger partial charge in [-0.15, -0.1) is 0 Å². The molecule has 0 saturated carbocycles. The normalized spacial score (nSPS) is 23.8. The van der Waals surface area contributed by atoms with Crippen LogP contribution in [0.15, 0.2) is 35.1 Å². The first-order valence-corrected chi connectivity index (χ1v) is 9.23. The minimum atomic E-state index is -0.553. The van der Waals surface area contributed by atoms with E-state index in [4.69, 9.17) is 0 Å². The molecule has 2 aromatic rings. The number of aryl methyl sites for hydroxylation is 1. The summed E-state index contributed by atoms with van der Waals surface area (Å²) in [5, 5.41) is 0. The molecule has 0 unspecified atom stereocenters. The number of aromatic amines is 1. The molecule has 2 aliphatic rings. The predicted molar refractivity (Wildman–Crippen MR) is 99.0 cm³/mol. The molecule has 1 aromatic carbocycles. The average molecular weight is 384 g/mol. The molecule has 28 heavy (non-hydrogen) atoms. The molecular weight excluding hydrogens is 363 g/mol. The summed E-state index contributed by atoms with van der Waals surface area (Å²) >= 11 is 0. The van der Waals surface area contributed by atoms with E-state index in [9.17, 15) is 18.8 Å². The van der Waals surface area contributed by atoms with Gasteiger partial charge in [0, 0.05) is 44.1 Å². The SMILES string of the molecule is CC(=O)N1C[C@H]2CN(C(=O)c3cc(C)[nH]c(=O)n3)C[C@H]2[C@H]1c1cccc(F)c1. The maximum absolute atomic E-state index is 13.8. The Bertz CT molecular complexity index is 1000. The maximum Gasteiger partial charge on any atom is 0.345 e. The van der Waals surface area contributed by atoms with Gasteiger partial charge in [0.1, 0.15) is 11.5 Å². The van der Waals surface area contributed by atoms with Crippen LogP contribution in [-0.2, 0) is 4.79 Å². The molecule has 8 heteroatoms. The third kappa shape index (κ3) is 3.19. The first kappa shape index (κ1) is 18.3. The molecule has 7 nitrogen and oxygen atoms in total. The van der Waals surface area contributed by atoms with E-state index in [2.05, 4.69) is 9.97 Å². The average Bonchev–Trinajstić information content (AvgIpc) is 3.18. The number of amides is 2. The minimum Gasteiger partial charge on any atom is -0.337 e. The van der Waals surface area contributed by atoms with Crippen molar-refractivity contribution < 1.29 is 14.0 Å². The van der Waals surface area contributed by atoms with Crippen LogP contribution in [0, 0.1) is 24.6 Å². The van der Waals surface area contributed by atoms with Gasteiger partial charge in [-0.1, -0.05) is 12.1 Å². The van der Waals surface area contributed by atoms with Crippen molar-refractivity contribution in [1.82, 2.24) is 19.8 Å². The molecule has 1 aromatic heterocycles. The number of carbonyl (C=O) groups is 2. The summed E-state index contributed by atoms with van der Waals surface area (Å²) in [6.45, 7) is 4.64. The molecule has 2 saturated heterocycles. The standard InChI is InChI=1S/C20H21FN4O3/c1-11-6-17(23-20(28)22-11)19(27)24-8-14-9-25(12(2)26)18(16(14)10-24)13-4-3-5-15(21)7-13/h3-7,14,16,18H,8-10H2,1-2H3,(H,22,23,28)/t14-,16-,18-/m1/s1. The summed E-state index contributed by atoms with van der Waals surface area (Å²) in [4.78, 5) is 46.4. The fraction of sp³-hybridized carbons (Fsp3) is 0.400. The second kappa shape index (κ2) is 6.85. The number of carbonyl (C=O) groups excluding carboxylic acids is 2. The van der Waals surface area contributed by atoms with E-state index in [1.54, 1.807) is 28.9 Å². The minimum absolute atomic E-state index is 0.0118. The van der Waals surface area contributed by atoms with Gasteiger partial charge in [-0.25, -0.2) is 9.18 Å². The van der Waals surface area contributed by atoms with Crippen molar-refractivity contribution in [3.8, 4) is 0 Å². The quantitative estimate of drug-likeness (QED) is 0.850. The largest absolute Gasteiger partial charge is 0.345 e. The first-order chi connectivity index (χ1) is 13.3. The number of nitrogens with zero attached hydrogens (tertiary/aromatic N) is 3. The first-order valence-electron chi connectivity index (χ1n) is 9.23. The molecule has 2 amide bonds. The predicted octanol–water partition coefficient (Wildman–Crippen LogP) is 1.51. The Kier molecular flexibility index (Phi) is 4.49. The molecule has 0 aliphatic carbocycles. The van der Waals surface area contributed by atoms with E-state index in [-0.39, 0.29) is 41.2 Å². The zero-order valence-electron chi connectivity index (χ0n) is 15.7. The number of likely N-dealkylation sites (tertiary alicyclic amines) is 2. The van der Waals surface area contributed by atoms with Crippen LogP contribution in [0.5, 0.6) is 0 Å². The van der Waals surface area contributed by atoms with Crippen LogP contribution in [-0.4, -0.2) is 51.2 Å². The van der Waals surface area contributed by atoms with E-state index in [0.717, 1.165) is 5.56 Å². The second-order valence-corrected chi connectivity index (χ2v) is 7.56. The van der Waals surface area contributed by atoms with E-state index in [1.807, 2.05) is 6.07 Å². The van der Waals surface area contributed by atoms with E-state index in [1.165, 1.54) is 19.1 Å². The van der Waals surface area contributed by atoms with Crippen LogP contribution in [0.1, 0.15) is 34.7 Å². The maximum atomic E-state index is 13.8. The van der Waals surface area contributed by atoms with Gasteiger partial charge in [0.2, 0.25) is 5.91 Å². The number of nitrogens with one attached hydrogen (secondary N) is 1. The Morgan fingerprint density at radius 1 is 1.21 bits per heavy atom. The Labute approximate surface area is 161 Å². The molecule has 1 N–H and O–H groups in total. The highest BCUT2D eigenvalue weighted by Crippen LogP contribution is 2.45. The Morgan fingerprint density at radius 2 is 2.00 bits per heavy atom. The number of hydrogen-bond acceptors (Lipinski definition) is 4. The highest BCUT2D eigenvalue weighted by atomic mass is 19.1. The van der Waals surface area contributed by atoms with E-state index < -0.39 is 5.69 Å². The molecule has 3 atom stereocenters. The van der Waals surface area contributed by atoms with E-state index >= 15 is 0 Å². The fourth-order valence-corrected chi connectivity index (χ4v) is 4.50. The highest BCUT2D eigenvalue weighted by molar-refractivity contribution is 5.92. The number of fused-ring (bicyclic) bond motifs is 1. The molecule has 4 rings (SSSR count). The zero-order valence-corrected chi connectivity index (χ0v) is 15.7. The van der Waals surface area contributed by atoms with Crippen LogP contribution in [0.3, 0.4) is 0 Å². The zero-order chi connectivity index (χ0) is 20.0. The van der Waals surface area contributed by atoms with Gasteiger partial charge in [0.25, 0.3) is 5.91 Å². The van der Waals surface area contributed by atoms with Crippen LogP contribution in [0.4, 0.5) is 4.39 Å². The molecule has 0 spiro atoms.